The summed E-state index contributed by atoms with van der Waals surface area (Å²) >= 11 is 2.55. The molecule has 1 amide bonds. The number of nitro benzene ring substituents is 1. The Morgan fingerprint density at radius 1 is 1.15 bits per heavy atom. The van der Waals surface area contributed by atoms with E-state index in [-0.39, 0.29) is 0 Å². The number of benzene rings is 2. The van der Waals surface area contributed by atoms with Crippen LogP contribution in [0.3, 0.4) is 0 Å². The number of nitro groups is 1. The molecule has 0 aliphatic rings. The first kappa shape index (κ1) is 23.6. The number of fused-ring (bicyclic) bond motifs is 1. The fourth-order valence-electron chi connectivity index (χ4n) is 3.12. The molecular formula is C22H15F3N4O3S2. The summed E-state index contributed by atoms with van der Waals surface area (Å²) in [6.07, 6.45) is -3.51. The molecule has 174 valence electrons. The van der Waals surface area contributed by atoms with Crippen molar-refractivity contribution in [3.63, 3.8) is 0 Å². The van der Waals surface area contributed by atoms with Crippen molar-refractivity contribution in [1.29, 1.82) is 0 Å². The molecule has 1 atom stereocenters. The molecule has 0 fully saturated rings. The molecule has 0 aliphatic heterocycles. The van der Waals surface area contributed by atoms with Crippen molar-refractivity contribution >= 4 is 50.6 Å². The summed E-state index contributed by atoms with van der Waals surface area (Å²) in [7, 11) is 0. The third-order valence-corrected chi connectivity index (χ3v) is 6.99. The number of carbonyl (C=O) groups is 1. The van der Waals surface area contributed by atoms with E-state index >= 15 is 0 Å². The highest BCUT2D eigenvalue weighted by atomic mass is 32.2. The van der Waals surface area contributed by atoms with Gasteiger partial charge in [-0.3, -0.25) is 14.9 Å². The molecule has 2 heterocycles. The molecule has 4 aromatic rings. The zero-order valence-corrected chi connectivity index (χ0v) is 19.0. The Hall–Kier alpha value is -3.51. The molecule has 2 aromatic heterocycles. The molecule has 0 unspecified atom stereocenters. The van der Waals surface area contributed by atoms with Gasteiger partial charge in [-0.05, 0) is 24.6 Å². The quantitative estimate of drug-likeness (QED) is 0.141. The second kappa shape index (κ2) is 9.39. The number of thiophene rings is 1. The average Bonchev–Trinajstić information content (AvgIpc) is 3.24. The summed E-state index contributed by atoms with van der Waals surface area (Å²) in [5.41, 5.74) is -1.56. The van der Waals surface area contributed by atoms with Gasteiger partial charge in [0.05, 0.1) is 21.4 Å². The summed E-state index contributed by atoms with van der Waals surface area (Å²) in [6, 6.07) is 13.8. The van der Waals surface area contributed by atoms with Crippen molar-refractivity contribution in [3.8, 4) is 10.4 Å². The standard InChI is InChI=1S/C22H15F3N4O3S2/c1-12(19(30)28-17-8-7-14(29(31)32)9-16(17)22(23,24)25)33-20-15-10-18(13-5-3-2-4-6-13)34-21(15)27-11-26-20/h2-12H,1H3,(H,28,30)/t12-/m0/s1. The van der Waals surface area contributed by atoms with Gasteiger partial charge < -0.3 is 5.32 Å². The fraction of sp³-hybridized carbons (Fsp3) is 0.136. The van der Waals surface area contributed by atoms with E-state index in [0.29, 0.717) is 11.1 Å². The topological polar surface area (TPSA) is 98.0 Å². The number of non-ortho nitro benzene ring substituents is 1. The van der Waals surface area contributed by atoms with Crippen LogP contribution in [-0.2, 0) is 11.0 Å². The van der Waals surface area contributed by atoms with E-state index < -0.39 is 39.2 Å². The third kappa shape index (κ3) is 5.02. The molecule has 0 aliphatic carbocycles. The number of rotatable bonds is 6. The predicted octanol–water partition coefficient (Wildman–Crippen LogP) is 6.40. The van der Waals surface area contributed by atoms with Gasteiger partial charge in [-0.25, -0.2) is 9.97 Å². The lowest BCUT2D eigenvalue weighted by Crippen LogP contribution is -2.24. The Kier molecular flexibility index (Phi) is 6.53. The molecule has 0 saturated carbocycles. The minimum Gasteiger partial charge on any atom is -0.325 e. The number of carbonyl (C=O) groups excluding carboxylic acids is 1. The molecule has 7 nitrogen and oxygen atoms in total. The normalized spacial score (nSPS) is 12.5. The van der Waals surface area contributed by atoms with Crippen molar-refractivity contribution in [2.75, 3.05) is 5.32 Å². The summed E-state index contributed by atoms with van der Waals surface area (Å²) in [6.45, 7) is 1.54. The first-order valence-corrected chi connectivity index (χ1v) is 11.5. The molecule has 0 spiro atoms. The van der Waals surface area contributed by atoms with Crippen LogP contribution in [0.1, 0.15) is 12.5 Å². The van der Waals surface area contributed by atoms with E-state index in [0.717, 1.165) is 44.6 Å². The second-order valence-corrected chi connectivity index (χ2v) is 9.47. The molecule has 34 heavy (non-hydrogen) atoms. The van der Waals surface area contributed by atoms with Crippen LogP contribution in [0.4, 0.5) is 24.5 Å². The smallest absolute Gasteiger partial charge is 0.325 e. The number of nitrogens with one attached hydrogen (secondary N) is 1. The summed E-state index contributed by atoms with van der Waals surface area (Å²) < 4.78 is 40.2. The SMILES string of the molecule is C[C@H](Sc1ncnc2sc(-c3ccccc3)cc12)C(=O)Nc1ccc([N+](=O)[O-])cc1C(F)(F)F. The third-order valence-electron chi connectivity index (χ3n) is 4.79. The van der Waals surface area contributed by atoms with E-state index in [4.69, 9.17) is 0 Å². The van der Waals surface area contributed by atoms with Gasteiger partial charge >= 0.3 is 6.18 Å². The molecular weight excluding hydrogens is 489 g/mol. The van der Waals surface area contributed by atoms with Crippen LogP contribution in [-0.4, -0.2) is 26.0 Å². The molecule has 0 saturated heterocycles. The Balaban J connectivity index is 1.57. The fourth-order valence-corrected chi connectivity index (χ4v) is 5.08. The van der Waals surface area contributed by atoms with Crippen molar-refractivity contribution in [3.05, 3.63) is 76.6 Å². The Morgan fingerprint density at radius 3 is 2.56 bits per heavy atom. The van der Waals surface area contributed by atoms with Crippen molar-refractivity contribution in [2.45, 2.75) is 23.4 Å². The van der Waals surface area contributed by atoms with Gasteiger partial charge in [-0.15, -0.1) is 11.3 Å². The lowest BCUT2D eigenvalue weighted by Gasteiger charge is -2.16. The molecule has 12 heteroatoms. The maximum Gasteiger partial charge on any atom is 0.418 e. The van der Waals surface area contributed by atoms with Gasteiger partial charge in [0.15, 0.2) is 0 Å². The number of alkyl halides is 3. The van der Waals surface area contributed by atoms with Crippen molar-refractivity contribution < 1.29 is 22.9 Å². The van der Waals surface area contributed by atoms with Crippen LogP contribution >= 0.6 is 23.1 Å². The monoisotopic (exact) mass is 504 g/mol. The predicted molar refractivity (Wildman–Crippen MR) is 125 cm³/mol. The lowest BCUT2D eigenvalue weighted by molar-refractivity contribution is -0.385. The maximum absolute atomic E-state index is 13.4. The van der Waals surface area contributed by atoms with Crippen LogP contribution in [0.5, 0.6) is 0 Å². The Labute approximate surface area is 199 Å². The van der Waals surface area contributed by atoms with Crippen LogP contribution in [0, 0.1) is 10.1 Å². The summed E-state index contributed by atoms with van der Waals surface area (Å²) in [4.78, 5) is 32.9. The zero-order valence-electron chi connectivity index (χ0n) is 17.4. The molecule has 2 aromatic carbocycles. The van der Waals surface area contributed by atoms with E-state index in [1.54, 1.807) is 0 Å². The van der Waals surface area contributed by atoms with Gasteiger partial charge in [0.1, 0.15) is 16.2 Å². The Bertz CT molecular complexity index is 1380. The highest BCUT2D eigenvalue weighted by Crippen LogP contribution is 2.39. The summed E-state index contributed by atoms with van der Waals surface area (Å²) in [5.74, 6) is -0.699. The van der Waals surface area contributed by atoms with E-state index in [1.165, 1.54) is 24.6 Å². The summed E-state index contributed by atoms with van der Waals surface area (Å²) in [5, 5.41) is 13.5. The number of halogens is 3. The maximum atomic E-state index is 13.4. The first-order chi connectivity index (χ1) is 16.1. The number of anilines is 1. The highest BCUT2D eigenvalue weighted by Gasteiger charge is 2.36. The van der Waals surface area contributed by atoms with Crippen molar-refractivity contribution in [1.82, 2.24) is 9.97 Å². The van der Waals surface area contributed by atoms with E-state index in [2.05, 4.69) is 15.3 Å². The second-order valence-electron chi connectivity index (χ2n) is 7.11. The van der Waals surface area contributed by atoms with Crippen LogP contribution < -0.4 is 5.32 Å². The van der Waals surface area contributed by atoms with E-state index in [9.17, 15) is 28.1 Å². The molecule has 0 radical (unpaired) electrons. The molecule has 4 rings (SSSR count). The number of aromatic nitrogens is 2. The molecule has 0 bridgehead atoms. The van der Waals surface area contributed by atoms with Crippen LogP contribution in [0.25, 0.3) is 20.7 Å². The number of nitrogens with zero attached hydrogens (tertiary/aromatic N) is 3. The number of amides is 1. The van der Waals surface area contributed by atoms with Crippen LogP contribution in [0.15, 0.2) is 66.0 Å². The van der Waals surface area contributed by atoms with E-state index in [1.807, 2.05) is 36.4 Å². The Morgan fingerprint density at radius 2 is 1.88 bits per heavy atom. The zero-order chi connectivity index (χ0) is 24.5. The largest absolute Gasteiger partial charge is 0.418 e. The molecule has 1 N–H and O–H groups in total. The number of hydrogen-bond donors (Lipinski definition) is 1. The average molecular weight is 505 g/mol. The minimum absolute atomic E-state index is 0.401. The number of hydrogen-bond acceptors (Lipinski definition) is 7. The van der Waals surface area contributed by atoms with Gasteiger partial charge in [-0.1, -0.05) is 42.1 Å². The first-order valence-electron chi connectivity index (χ1n) is 9.76. The van der Waals surface area contributed by atoms with Crippen LogP contribution in [0.2, 0.25) is 0 Å². The van der Waals surface area contributed by atoms with Gasteiger partial charge in [0, 0.05) is 22.4 Å². The minimum atomic E-state index is -4.88. The van der Waals surface area contributed by atoms with Gasteiger partial charge in [-0.2, -0.15) is 13.2 Å². The highest BCUT2D eigenvalue weighted by molar-refractivity contribution is 8.00. The number of thioether (sulfide) groups is 1. The van der Waals surface area contributed by atoms with Crippen molar-refractivity contribution in [2.24, 2.45) is 0 Å². The lowest BCUT2D eigenvalue weighted by atomic mass is 10.1. The van der Waals surface area contributed by atoms with Gasteiger partial charge in [0.2, 0.25) is 5.91 Å². The van der Waals surface area contributed by atoms with Gasteiger partial charge in [0.25, 0.3) is 5.69 Å².